The highest BCUT2D eigenvalue weighted by molar-refractivity contribution is 7.13. The second-order valence-corrected chi connectivity index (χ2v) is 4.41. The van der Waals surface area contributed by atoms with E-state index in [4.69, 9.17) is 0 Å². The molecule has 0 aliphatic rings. The van der Waals surface area contributed by atoms with Gasteiger partial charge in [0.15, 0.2) is 0 Å². The third kappa shape index (κ3) is 1.55. The van der Waals surface area contributed by atoms with Gasteiger partial charge in [-0.25, -0.2) is 4.98 Å². The summed E-state index contributed by atoms with van der Waals surface area (Å²) in [5.41, 5.74) is 2.38. The van der Waals surface area contributed by atoms with Crippen molar-refractivity contribution in [3.63, 3.8) is 0 Å². The maximum Gasteiger partial charge on any atom is 0.137 e. The van der Waals surface area contributed by atoms with Crippen LogP contribution >= 0.6 is 11.3 Å². The Morgan fingerprint density at radius 2 is 1.88 bits per heavy atom. The first-order chi connectivity index (χ1) is 7.95. The van der Waals surface area contributed by atoms with E-state index >= 15 is 0 Å². The highest BCUT2D eigenvalue weighted by Crippen LogP contribution is 2.32. The molecule has 3 heteroatoms. The summed E-state index contributed by atoms with van der Waals surface area (Å²) in [5.74, 6) is 0.920. The molecule has 16 heavy (non-hydrogen) atoms. The van der Waals surface area contributed by atoms with E-state index in [0.717, 1.165) is 11.4 Å². The van der Waals surface area contributed by atoms with Crippen molar-refractivity contribution >= 4 is 11.3 Å². The van der Waals surface area contributed by atoms with Crippen LogP contribution in [0.3, 0.4) is 0 Å². The zero-order valence-corrected chi connectivity index (χ0v) is 9.37. The second-order valence-electron chi connectivity index (χ2n) is 3.46. The molecule has 2 aromatic heterocycles. The summed E-state index contributed by atoms with van der Waals surface area (Å²) in [6.45, 7) is 0. The van der Waals surface area contributed by atoms with Crippen molar-refractivity contribution in [1.29, 1.82) is 0 Å². The van der Waals surface area contributed by atoms with Crippen LogP contribution in [0.5, 0.6) is 0 Å². The zero-order valence-electron chi connectivity index (χ0n) is 8.55. The molecule has 0 saturated heterocycles. The molecule has 0 unspecified atom stereocenters. The highest BCUT2D eigenvalue weighted by atomic mass is 32.1. The monoisotopic (exact) mass is 226 g/mol. The number of imidazole rings is 1. The maximum atomic E-state index is 4.31. The molecule has 78 valence electrons. The van der Waals surface area contributed by atoms with Crippen LogP contribution in [0.1, 0.15) is 0 Å². The molecule has 0 spiro atoms. The van der Waals surface area contributed by atoms with Gasteiger partial charge in [0.25, 0.3) is 0 Å². The maximum absolute atomic E-state index is 4.31. The number of thiophene rings is 1. The lowest BCUT2D eigenvalue weighted by Crippen LogP contribution is -1.84. The fourth-order valence-electron chi connectivity index (χ4n) is 1.75. The van der Waals surface area contributed by atoms with E-state index in [1.807, 2.05) is 12.3 Å². The van der Waals surface area contributed by atoms with E-state index < -0.39 is 0 Å². The van der Waals surface area contributed by atoms with Gasteiger partial charge in [0.2, 0.25) is 0 Å². The minimum atomic E-state index is 0.920. The standard InChI is InChI=1S/C13H10N2S/c1-2-5-11(13-14-7-8-15-13)10(4-1)12-6-3-9-16-12/h1-9H,(H,14,15). The van der Waals surface area contributed by atoms with Crippen molar-refractivity contribution in [2.75, 3.05) is 0 Å². The molecule has 2 heterocycles. The van der Waals surface area contributed by atoms with Crippen molar-refractivity contribution in [2.45, 2.75) is 0 Å². The van der Waals surface area contributed by atoms with Crippen LogP contribution in [0.15, 0.2) is 54.2 Å². The van der Waals surface area contributed by atoms with Gasteiger partial charge >= 0.3 is 0 Å². The average molecular weight is 226 g/mol. The van der Waals surface area contributed by atoms with E-state index in [0.29, 0.717) is 0 Å². The lowest BCUT2D eigenvalue weighted by molar-refractivity contribution is 1.31. The summed E-state index contributed by atoms with van der Waals surface area (Å²) in [4.78, 5) is 8.73. The number of hydrogen-bond acceptors (Lipinski definition) is 2. The van der Waals surface area contributed by atoms with Crippen LogP contribution in [-0.2, 0) is 0 Å². The Kier molecular flexibility index (Phi) is 2.31. The van der Waals surface area contributed by atoms with E-state index in [9.17, 15) is 0 Å². The Hall–Kier alpha value is -1.87. The molecule has 1 aromatic carbocycles. The van der Waals surface area contributed by atoms with Crippen LogP contribution in [-0.4, -0.2) is 9.97 Å². The molecule has 0 radical (unpaired) electrons. The summed E-state index contributed by atoms with van der Waals surface area (Å²) >= 11 is 1.75. The van der Waals surface area contributed by atoms with Crippen molar-refractivity contribution in [3.05, 3.63) is 54.2 Å². The summed E-state index contributed by atoms with van der Waals surface area (Å²) < 4.78 is 0. The molecule has 0 aliphatic heterocycles. The average Bonchev–Trinajstić information content (AvgIpc) is 3.03. The predicted molar refractivity (Wildman–Crippen MR) is 67.3 cm³/mol. The third-order valence-corrected chi connectivity index (χ3v) is 3.37. The van der Waals surface area contributed by atoms with Crippen molar-refractivity contribution in [3.8, 4) is 21.8 Å². The fraction of sp³-hybridized carbons (Fsp3) is 0. The Balaban J connectivity index is 2.19. The number of hydrogen-bond donors (Lipinski definition) is 1. The number of nitrogens with one attached hydrogen (secondary N) is 1. The molecule has 0 saturated carbocycles. The molecule has 0 amide bonds. The predicted octanol–water partition coefficient (Wildman–Crippen LogP) is 3.81. The molecule has 1 N–H and O–H groups in total. The van der Waals surface area contributed by atoms with E-state index in [1.54, 1.807) is 17.5 Å². The number of aromatic nitrogens is 2. The number of H-pyrrole nitrogens is 1. The van der Waals surface area contributed by atoms with Crippen LogP contribution in [0.4, 0.5) is 0 Å². The third-order valence-electron chi connectivity index (χ3n) is 2.47. The molecular weight excluding hydrogens is 216 g/mol. The Morgan fingerprint density at radius 1 is 1.00 bits per heavy atom. The molecule has 0 aliphatic carbocycles. The van der Waals surface area contributed by atoms with Crippen LogP contribution in [0.25, 0.3) is 21.8 Å². The summed E-state index contributed by atoms with van der Waals surface area (Å²) in [7, 11) is 0. The van der Waals surface area contributed by atoms with Gasteiger partial charge in [-0.3, -0.25) is 0 Å². The lowest BCUT2D eigenvalue weighted by atomic mass is 10.1. The zero-order chi connectivity index (χ0) is 10.8. The van der Waals surface area contributed by atoms with Gasteiger partial charge in [-0.05, 0) is 11.4 Å². The van der Waals surface area contributed by atoms with E-state index in [1.165, 1.54) is 10.4 Å². The van der Waals surface area contributed by atoms with Crippen molar-refractivity contribution in [2.24, 2.45) is 0 Å². The second kappa shape index (κ2) is 3.94. The molecule has 3 rings (SSSR count). The first-order valence-corrected chi connectivity index (χ1v) is 5.96. The Bertz CT molecular complexity index is 515. The van der Waals surface area contributed by atoms with E-state index in [-0.39, 0.29) is 0 Å². The molecule has 0 fully saturated rings. The van der Waals surface area contributed by atoms with Crippen molar-refractivity contribution < 1.29 is 0 Å². The molecule has 2 nitrogen and oxygen atoms in total. The summed E-state index contributed by atoms with van der Waals surface area (Å²) in [5, 5.41) is 2.09. The van der Waals surface area contributed by atoms with Crippen LogP contribution < -0.4 is 0 Å². The number of rotatable bonds is 2. The minimum Gasteiger partial charge on any atom is -0.345 e. The van der Waals surface area contributed by atoms with E-state index in [2.05, 4.69) is 45.7 Å². The lowest BCUT2D eigenvalue weighted by Gasteiger charge is -2.04. The van der Waals surface area contributed by atoms with Gasteiger partial charge in [0.05, 0.1) is 0 Å². The SMILES string of the molecule is c1csc(-c2ccccc2-c2ncc[nH]2)c1. The summed E-state index contributed by atoms with van der Waals surface area (Å²) in [6, 6.07) is 12.5. The smallest absolute Gasteiger partial charge is 0.137 e. The van der Waals surface area contributed by atoms with Crippen LogP contribution in [0.2, 0.25) is 0 Å². The van der Waals surface area contributed by atoms with Gasteiger partial charge in [0.1, 0.15) is 5.82 Å². The number of nitrogens with zero attached hydrogens (tertiary/aromatic N) is 1. The van der Waals surface area contributed by atoms with Gasteiger partial charge in [-0.15, -0.1) is 11.3 Å². The molecule has 3 aromatic rings. The quantitative estimate of drug-likeness (QED) is 0.707. The topological polar surface area (TPSA) is 28.7 Å². The number of aromatic amines is 1. The summed E-state index contributed by atoms with van der Waals surface area (Å²) in [6.07, 6.45) is 3.63. The number of benzene rings is 1. The largest absolute Gasteiger partial charge is 0.345 e. The van der Waals surface area contributed by atoms with Crippen LogP contribution in [0, 0.1) is 0 Å². The first kappa shape index (κ1) is 9.36. The van der Waals surface area contributed by atoms with Gasteiger partial charge in [-0.2, -0.15) is 0 Å². The first-order valence-electron chi connectivity index (χ1n) is 5.08. The van der Waals surface area contributed by atoms with Gasteiger partial charge < -0.3 is 4.98 Å². The van der Waals surface area contributed by atoms with Gasteiger partial charge in [-0.1, -0.05) is 30.3 Å². The Labute approximate surface area is 97.6 Å². The van der Waals surface area contributed by atoms with Gasteiger partial charge in [0, 0.05) is 28.4 Å². The highest BCUT2D eigenvalue weighted by Gasteiger charge is 2.08. The van der Waals surface area contributed by atoms with Crippen molar-refractivity contribution in [1.82, 2.24) is 9.97 Å². The molecular formula is C13H10N2S. The molecule has 0 atom stereocenters. The fourth-order valence-corrected chi connectivity index (χ4v) is 2.51. The Morgan fingerprint density at radius 3 is 2.56 bits per heavy atom. The normalized spacial score (nSPS) is 10.5. The minimum absolute atomic E-state index is 0.920. The molecule has 0 bridgehead atoms.